The van der Waals surface area contributed by atoms with Crippen LogP contribution >= 0.6 is 0 Å². The summed E-state index contributed by atoms with van der Waals surface area (Å²) < 4.78 is 0. The Morgan fingerprint density at radius 1 is 1.53 bits per heavy atom. The highest BCUT2D eigenvalue weighted by molar-refractivity contribution is 5.96. The molecule has 1 saturated carbocycles. The molecular formula is C14H18N2O3. The van der Waals surface area contributed by atoms with Gasteiger partial charge in [0.25, 0.3) is 5.91 Å². The summed E-state index contributed by atoms with van der Waals surface area (Å²) in [6, 6.07) is 3.01. The van der Waals surface area contributed by atoms with Gasteiger partial charge in [0.1, 0.15) is 5.69 Å². The van der Waals surface area contributed by atoms with Crippen LogP contribution in [0.15, 0.2) is 18.3 Å². The van der Waals surface area contributed by atoms with E-state index >= 15 is 0 Å². The molecule has 0 bridgehead atoms. The van der Waals surface area contributed by atoms with Crippen molar-refractivity contribution in [2.75, 3.05) is 0 Å². The second kappa shape index (κ2) is 5.82. The van der Waals surface area contributed by atoms with Gasteiger partial charge >= 0.3 is 5.97 Å². The lowest BCUT2D eigenvalue weighted by atomic mass is 10.1. The van der Waals surface area contributed by atoms with Gasteiger partial charge in [0.2, 0.25) is 0 Å². The van der Waals surface area contributed by atoms with Crippen molar-refractivity contribution >= 4 is 11.9 Å². The van der Waals surface area contributed by atoms with Crippen LogP contribution in [0.25, 0.3) is 0 Å². The third kappa shape index (κ3) is 3.77. The maximum Gasteiger partial charge on any atom is 0.354 e. The molecule has 5 heteroatoms. The predicted octanol–water partition coefficient (Wildman–Crippen LogP) is 2.09. The molecule has 1 fully saturated rings. The number of rotatable bonds is 6. The number of hydrogen-bond acceptors (Lipinski definition) is 3. The second-order valence-corrected chi connectivity index (χ2v) is 4.99. The van der Waals surface area contributed by atoms with Gasteiger partial charge < -0.3 is 10.4 Å². The van der Waals surface area contributed by atoms with Gasteiger partial charge in [0.05, 0.1) is 0 Å². The first kappa shape index (κ1) is 13.5. The summed E-state index contributed by atoms with van der Waals surface area (Å²) >= 11 is 0. The molecular weight excluding hydrogens is 244 g/mol. The Labute approximate surface area is 112 Å². The first-order valence-electron chi connectivity index (χ1n) is 6.60. The molecule has 0 radical (unpaired) electrons. The van der Waals surface area contributed by atoms with E-state index < -0.39 is 5.97 Å². The van der Waals surface area contributed by atoms with Gasteiger partial charge in [-0.05, 0) is 30.9 Å². The number of aromatic carboxylic acids is 1. The highest BCUT2D eigenvalue weighted by Crippen LogP contribution is 2.34. The number of hydrogen-bond donors (Lipinski definition) is 2. The molecule has 1 unspecified atom stereocenters. The molecule has 1 aliphatic carbocycles. The number of aromatic nitrogens is 1. The molecule has 5 nitrogen and oxygen atoms in total. The quantitative estimate of drug-likeness (QED) is 0.822. The van der Waals surface area contributed by atoms with Gasteiger partial charge in [0, 0.05) is 17.8 Å². The van der Waals surface area contributed by atoms with Crippen molar-refractivity contribution in [3.63, 3.8) is 0 Å². The third-order valence-corrected chi connectivity index (χ3v) is 3.38. The van der Waals surface area contributed by atoms with E-state index in [1.54, 1.807) is 0 Å². The lowest BCUT2D eigenvalue weighted by Crippen LogP contribution is -2.34. The lowest BCUT2D eigenvalue weighted by molar-refractivity contribution is 0.0690. The van der Waals surface area contributed by atoms with Crippen molar-refractivity contribution in [2.45, 2.75) is 38.6 Å². The predicted molar refractivity (Wildman–Crippen MR) is 70.1 cm³/mol. The van der Waals surface area contributed by atoms with E-state index in [1.165, 1.54) is 31.2 Å². The van der Waals surface area contributed by atoms with Crippen molar-refractivity contribution < 1.29 is 14.7 Å². The highest BCUT2D eigenvalue weighted by atomic mass is 16.4. The Hall–Kier alpha value is -1.91. The largest absolute Gasteiger partial charge is 0.477 e. The van der Waals surface area contributed by atoms with Crippen LogP contribution in [0, 0.1) is 5.92 Å². The molecule has 0 saturated heterocycles. The van der Waals surface area contributed by atoms with Crippen LogP contribution in [0.5, 0.6) is 0 Å². The van der Waals surface area contributed by atoms with Crippen LogP contribution in [0.3, 0.4) is 0 Å². The van der Waals surface area contributed by atoms with E-state index in [0.717, 1.165) is 18.8 Å². The number of nitrogens with zero attached hydrogens (tertiary/aromatic N) is 1. The Bertz CT molecular complexity index is 483. The molecule has 0 aliphatic heterocycles. The SMILES string of the molecule is CCC(CC1CC1)NC(=O)c1ccnc(C(=O)O)c1. The van der Waals surface area contributed by atoms with E-state index in [1.807, 2.05) is 6.92 Å². The van der Waals surface area contributed by atoms with E-state index in [4.69, 9.17) is 5.11 Å². The molecule has 0 spiro atoms. The first-order chi connectivity index (χ1) is 9.10. The maximum atomic E-state index is 12.1. The van der Waals surface area contributed by atoms with Crippen molar-refractivity contribution in [1.29, 1.82) is 0 Å². The summed E-state index contributed by atoms with van der Waals surface area (Å²) in [7, 11) is 0. The topological polar surface area (TPSA) is 79.3 Å². The molecule has 102 valence electrons. The lowest BCUT2D eigenvalue weighted by Gasteiger charge is -2.16. The molecule has 1 aromatic rings. The minimum Gasteiger partial charge on any atom is -0.477 e. The molecule has 1 aliphatic rings. The Kier molecular flexibility index (Phi) is 4.14. The summed E-state index contributed by atoms with van der Waals surface area (Å²) in [4.78, 5) is 26.6. The molecule has 0 aromatic carbocycles. The van der Waals surface area contributed by atoms with Gasteiger partial charge in [-0.15, -0.1) is 0 Å². The Balaban J connectivity index is 2.01. The van der Waals surface area contributed by atoms with Crippen molar-refractivity contribution in [2.24, 2.45) is 5.92 Å². The third-order valence-electron chi connectivity index (χ3n) is 3.38. The fourth-order valence-corrected chi connectivity index (χ4v) is 2.04. The standard InChI is InChI=1S/C14H18N2O3/c1-2-11(7-9-3-4-9)16-13(17)10-5-6-15-12(8-10)14(18)19/h5-6,8-9,11H,2-4,7H2,1H3,(H,16,17)(H,18,19). The van der Waals surface area contributed by atoms with Crippen molar-refractivity contribution in [3.8, 4) is 0 Å². The monoisotopic (exact) mass is 262 g/mol. The molecule has 1 heterocycles. The number of carboxylic acid groups (broad SMARTS) is 1. The maximum absolute atomic E-state index is 12.1. The van der Waals surface area contributed by atoms with Gasteiger partial charge in [0.15, 0.2) is 0 Å². The van der Waals surface area contributed by atoms with Crippen LogP contribution in [-0.4, -0.2) is 28.0 Å². The zero-order chi connectivity index (χ0) is 13.8. The number of carbonyl (C=O) groups excluding carboxylic acids is 1. The average molecular weight is 262 g/mol. The van der Waals surface area contributed by atoms with Crippen molar-refractivity contribution in [1.82, 2.24) is 10.3 Å². The average Bonchev–Trinajstić information content (AvgIpc) is 3.22. The van der Waals surface area contributed by atoms with Gasteiger partial charge in [-0.1, -0.05) is 19.8 Å². The molecule has 1 atom stereocenters. The van der Waals surface area contributed by atoms with Crippen LogP contribution in [-0.2, 0) is 0 Å². The van der Waals surface area contributed by atoms with Crippen LogP contribution in [0.2, 0.25) is 0 Å². The zero-order valence-corrected chi connectivity index (χ0v) is 10.9. The minimum absolute atomic E-state index is 0.108. The summed E-state index contributed by atoms with van der Waals surface area (Å²) in [5.41, 5.74) is 0.240. The van der Waals surface area contributed by atoms with E-state index in [0.29, 0.717) is 5.56 Å². The van der Waals surface area contributed by atoms with E-state index in [2.05, 4.69) is 10.3 Å². The number of carboxylic acids is 1. The molecule has 2 N–H and O–H groups in total. The Morgan fingerprint density at radius 3 is 2.84 bits per heavy atom. The zero-order valence-electron chi connectivity index (χ0n) is 10.9. The molecule has 1 amide bonds. The molecule has 2 rings (SSSR count). The van der Waals surface area contributed by atoms with Crippen LogP contribution in [0.1, 0.15) is 53.5 Å². The highest BCUT2D eigenvalue weighted by Gasteiger charge is 2.25. The fourth-order valence-electron chi connectivity index (χ4n) is 2.04. The van der Waals surface area contributed by atoms with Gasteiger partial charge in [-0.2, -0.15) is 0 Å². The number of carbonyl (C=O) groups is 2. The van der Waals surface area contributed by atoms with Gasteiger partial charge in [-0.3, -0.25) is 4.79 Å². The smallest absolute Gasteiger partial charge is 0.354 e. The summed E-state index contributed by atoms with van der Waals surface area (Å²) in [6.07, 6.45) is 5.76. The normalized spacial score (nSPS) is 15.8. The van der Waals surface area contributed by atoms with Crippen LogP contribution < -0.4 is 5.32 Å². The molecule has 19 heavy (non-hydrogen) atoms. The first-order valence-corrected chi connectivity index (χ1v) is 6.60. The number of nitrogens with one attached hydrogen (secondary N) is 1. The number of pyridine rings is 1. The molecule has 1 aromatic heterocycles. The summed E-state index contributed by atoms with van der Waals surface area (Å²) in [6.45, 7) is 2.04. The van der Waals surface area contributed by atoms with Crippen LogP contribution in [0.4, 0.5) is 0 Å². The Morgan fingerprint density at radius 2 is 2.26 bits per heavy atom. The van der Waals surface area contributed by atoms with E-state index in [9.17, 15) is 9.59 Å². The second-order valence-electron chi connectivity index (χ2n) is 4.99. The van der Waals surface area contributed by atoms with Gasteiger partial charge in [-0.25, -0.2) is 9.78 Å². The summed E-state index contributed by atoms with van der Waals surface area (Å²) in [5.74, 6) is -0.602. The summed E-state index contributed by atoms with van der Waals surface area (Å²) in [5, 5.41) is 11.8. The number of amides is 1. The minimum atomic E-state index is -1.13. The van der Waals surface area contributed by atoms with E-state index in [-0.39, 0.29) is 17.6 Å². The fraction of sp³-hybridized carbons (Fsp3) is 0.500. The van der Waals surface area contributed by atoms with Crippen molar-refractivity contribution in [3.05, 3.63) is 29.6 Å².